The number of carbonyl (C=O) groups is 2. The molecule has 0 fully saturated rings. The van der Waals surface area contributed by atoms with Crippen molar-refractivity contribution in [2.45, 2.75) is 6.92 Å². The highest BCUT2D eigenvalue weighted by atomic mass is 16.2. The van der Waals surface area contributed by atoms with Crippen molar-refractivity contribution in [2.24, 2.45) is 0 Å². The van der Waals surface area contributed by atoms with Gasteiger partial charge in [0, 0.05) is 11.9 Å². The summed E-state index contributed by atoms with van der Waals surface area (Å²) in [6.07, 6.45) is 2.10. The van der Waals surface area contributed by atoms with E-state index in [0.717, 1.165) is 11.3 Å². The molecule has 16 heavy (non-hydrogen) atoms. The van der Waals surface area contributed by atoms with Crippen molar-refractivity contribution in [3.8, 4) is 5.69 Å². The highest BCUT2D eigenvalue weighted by Crippen LogP contribution is 2.13. The molecule has 2 aromatic rings. The van der Waals surface area contributed by atoms with Gasteiger partial charge in [0.15, 0.2) is 6.29 Å². The van der Waals surface area contributed by atoms with E-state index in [0.29, 0.717) is 12.0 Å². The summed E-state index contributed by atoms with van der Waals surface area (Å²) in [5.41, 5.74) is 2.42. The van der Waals surface area contributed by atoms with E-state index in [1.54, 1.807) is 22.9 Å². The molecule has 0 aliphatic rings. The summed E-state index contributed by atoms with van der Waals surface area (Å²) in [4.78, 5) is 21.8. The Kier molecular flexibility index (Phi) is 2.68. The van der Waals surface area contributed by atoms with E-state index in [-0.39, 0.29) is 0 Å². The third kappa shape index (κ3) is 1.80. The van der Waals surface area contributed by atoms with Gasteiger partial charge in [-0.1, -0.05) is 17.7 Å². The van der Waals surface area contributed by atoms with Gasteiger partial charge in [-0.3, -0.25) is 9.59 Å². The topological polar surface area (TPSA) is 39.1 Å². The minimum Gasteiger partial charge on any atom is -0.314 e. The van der Waals surface area contributed by atoms with E-state index in [9.17, 15) is 9.59 Å². The zero-order valence-corrected chi connectivity index (χ0v) is 8.88. The molecule has 0 aliphatic carbocycles. The molecule has 0 radical (unpaired) electrons. The van der Waals surface area contributed by atoms with Gasteiger partial charge in [0.25, 0.3) is 0 Å². The molecule has 0 bridgehead atoms. The Bertz CT molecular complexity index is 523. The molecule has 3 nitrogen and oxygen atoms in total. The number of Topliss-reactive ketones (excluding diaryl/α,β-unsaturated/α-hetero) is 1. The van der Waals surface area contributed by atoms with Crippen LogP contribution in [0.1, 0.15) is 16.1 Å². The number of rotatable bonds is 3. The first-order chi connectivity index (χ1) is 7.72. The van der Waals surface area contributed by atoms with E-state index in [1.165, 1.54) is 0 Å². The third-order valence-corrected chi connectivity index (χ3v) is 2.42. The van der Waals surface area contributed by atoms with Crippen LogP contribution in [0.4, 0.5) is 0 Å². The molecule has 0 atom stereocenters. The van der Waals surface area contributed by atoms with Crippen LogP contribution < -0.4 is 0 Å². The van der Waals surface area contributed by atoms with Crippen LogP contribution in [0.15, 0.2) is 42.6 Å². The number of aromatic nitrogens is 1. The Morgan fingerprint density at radius 1 is 1.19 bits per heavy atom. The van der Waals surface area contributed by atoms with Crippen LogP contribution in [-0.4, -0.2) is 16.6 Å². The summed E-state index contributed by atoms with van der Waals surface area (Å²) in [6.45, 7) is 2.00. The third-order valence-electron chi connectivity index (χ3n) is 2.42. The fourth-order valence-corrected chi connectivity index (χ4v) is 1.57. The second kappa shape index (κ2) is 4.14. The van der Waals surface area contributed by atoms with Gasteiger partial charge >= 0.3 is 0 Å². The second-order valence-corrected chi connectivity index (χ2v) is 3.58. The fraction of sp³-hybridized carbons (Fsp3) is 0.0769. The van der Waals surface area contributed by atoms with Gasteiger partial charge in [-0.25, -0.2) is 0 Å². The van der Waals surface area contributed by atoms with Crippen LogP contribution >= 0.6 is 0 Å². The Balaban J connectivity index is 2.48. The molecular weight excluding hydrogens is 202 g/mol. The quantitative estimate of drug-likeness (QED) is 0.445. The van der Waals surface area contributed by atoms with Crippen molar-refractivity contribution < 1.29 is 9.59 Å². The number of aldehydes is 1. The molecule has 0 unspecified atom stereocenters. The van der Waals surface area contributed by atoms with Crippen LogP contribution in [0.3, 0.4) is 0 Å². The van der Waals surface area contributed by atoms with Crippen LogP contribution in [0, 0.1) is 6.92 Å². The molecule has 0 N–H and O–H groups in total. The van der Waals surface area contributed by atoms with Crippen LogP contribution in [0.2, 0.25) is 0 Å². The van der Waals surface area contributed by atoms with Gasteiger partial charge in [0.05, 0.1) is 5.69 Å². The predicted octanol–water partition coefficient (Wildman–Crippen LogP) is 2.17. The lowest BCUT2D eigenvalue weighted by Crippen LogP contribution is -2.07. The van der Waals surface area contributed by atoms with Crippen molar-refractivity contribution in [2.75, 3.05) is 0 Å². The SMILES string of the molecule is Cc1ccc(-n2cccc2C(=O)C=O)cc1. The zero-order chi connectivity index (χ0) is 11.5. The first kappa shape index (κ1) is 10.4. The predicted molar refractivity (Wildman–Crippen MR) is 60.9 cm³/mol. The average Bonchev–Trinajstić information content (AvgIpc) is 2.78. The Hall–Kier alpha value is -2.16. The van der Waals surface area contributed by atoms with E-state index in [4.69, 9.17) is 0 Å². The van der Waals surface area contributed by atoms with E-state index < -0.39 is 5.78 Å². The molecule has 0 spiro atoms. The van der Waals surface area contributed by atoms with E-state index in [1.807, 2.05) is 31.2 Å². The molecular formula is C13H11NO2. The number of carbonyl (C=O) groups excluding carboxylic acids is 2. The van der Waals surface area contributed by atoms with Crippen molar-refractivity contribution in [3.63, 3.8) is 0 Å². The van der Waals surface area contributed by atoms with Gasteiger partial charge in [0.2, 0.25) is 5.78 Å². The fourth-order valence-electron chi connectivity index (χ4n) is 1.57. The minimum atomic E-state index is -0.509. The maximum atomic E-state index is 11.3. The standard InChI is InChI=1S/C13H11NO2/c1-10-4-6-11(7-5-10)14-8-2-3-12(14)13(16)9-15/h2-9H,1H3. The van der Waals surface area contributed by atoms with Crippen LogP contribution in [0.5, 0.6) is 0 Å². The van der Waals surface area contributed by atoms with Crippen molar-refractivity contribution in [1.29, 1.82) is 0 Å². The molecule has 0 saturated heterocycles. The Labute approximate surface area is 93.3 Å². The van der Waals surface area contributed by atoms with E-state index in [2.05, 4.69) is 0 Å². The Morgan fingerprint density at radius 3 is 2.50 bits per heavy atom. The highest BCUT2D eigenvalue weighted by molar-refractivity contribution is 6.32. The first-order valence-corrected chi connectivity index (χ1v) is 4.96. The summed E-state index contributed by atoms with van der Waals surface area (Å²) in [5.74, 6) is -0.509. The summed E-state index contributed by atoms with van der Waals surface area (Å²) in [7, 11) is 0. The summed E-state index contributed by atoms with van der Waals surface area (Å²) in [6, 6.07) is 11.1. The maximum Gasteiger partial charge on any atom is 0.242 e. The van der Waals surface area contributed by atoms with Crippen molar-refractivity contribution in [3.05, 3.63) is 53.9 Å². The lowest BCUT2D eigenvalue weighted by atomic mass is 10.2. The number of benzene rings is 1. The van der Waals surface area contributed by atoms with Gasteiger partial charge in [-0.2, -0.15) is 0 Å². The van der Waals surface area contributed by atoms with Gasteiger partial charge in [-0.15, -0.1) is 0 Å². The number of hydrogen-bond donors (Lipinski definition) is 0. The van der Waals surface area contributed by atoms with Crippen LogP contribution in [0.25, 0.3) is 5.69 Å². The molecule has 0 aliphatic heterocycles. The van der Waals surface area contributed by atoms with Gasteiger partial charge in [-0.05, 0) is 31.2 Å². The molecule has 1 aromatic heterocycles. The Morgan fingerprint density at radius 2 is 1.88 bits per heavy atom. The smallest absolute Gasteiger partial charge is 0.242 e. The van der Waals surface area contributed by atoms with Crippen molar-refractivity contribution in [1.82, 2.24) is 4.57 Å². The zero-order valence-electron chi connectivity index (χ0n) is 8.88. The maximum absolute atomic E-state index is 11.3. The normalized spacial score (nSPS) is 10.1. The van der Waals surface area contributed by atoms with Crippen LogP contribution in [-0.2, 0) is 4.79 Å². The summed E-state index contributed by atoms with van der Waals surface area (Å²) in [5, 5.41) is 0. The number of aryl methyl sites for hydroxylation is 1. The largest absolute Gasteiger partial charge is 0.314 e. The molecule has 80 valence electrons. The minimum absolute atomic E-state index is 0.333. The highest BCUT2D eigenvalue weighted by Gasteiger charge is 2.10. The average molecular weight is 213 g/mol. The summed E-state index contributed by atoms with van der Waals surface area (Å²) < 4.78 is 1.70. The molecule has 2 rings (SSSR count). The number of ketones is 1. The molecule has 1 aromatic carbocycles. The van der Waals surface area contributed by atoms with Gasteiger partial charge < -0.3 is 4.57 Å². The van der Waals surface area contributed by atoms with Gasteiger partial charge in [0.1, 0.15) is 0 Å². The lowest BCUT2D eigenvalue weighted by molar-refractivity contribution is -0.104. The summed E-state index contributed by atoms with van der Waals surface area (Å²) >= 11 is 0. The number of hydrogen-bond acceptors (Lipinski definition) is 2. The van der Waals surface area contributed by atoms with Crippen molar-refractivity contribution >= 4 is 12.1 Å². The van der Waals surface area contributed by atoms with E-state index >= 15 is 0 Å². The lowest BCUT2D eigenvalue weighted by Gasteiger charge is -2.06. The second-order valence-electron chi connectivity index (χ2n) is 3.58. The molecule has 3 heteroatoms. The molecule has 1 heterocycles. The number of nitrogens with zero attached hydrogens (tertiary/aromatic N) is 1. The monoisotopic (exact) mass is 213 g/mol. The first-order valence-electron chi connectivity index (χ1n) is 4.96. The molecule has 0 saturated carbocycles. The molecule has 0 amide bonds.